The predicted molar refractivity (Wildman–Crippen MR) is 74.5 cm³/mol. The molecule has 19 heavy (non-hydrogen) atoms. The minimum Gasteiger partial charge on any atom is -0.439 e. The Morgan fingerprint density at radius 2 is 2.05 bits per heavy atom. The zero-order valence-corrected chi connectivity index (χ0v) is 12.3. The molecule has 1 N–H and O–H groups in total. The molecule has 1 heterocycles. The lowest BCUT2D eigenvalue weighted by molar-refractivity contribution is 0.272. The van der Waals surface area contributed by atoms with Crippen molar-refractivity contribution in [1.29, 1.82) is 0 Å². The van der Waals surface area contributed by atoms with Gasteiger partial charge >= 0.3 is 8.25 Å². The molecule has 5 nitrogen and oxygen atoms in total. The molecule has 0 spiro atoms. The molecule has 7 heteroatoms. The molecular formula is C12H11BrNO4P. The van der Waals surface area contributed by atoms with E-state index in [1.54, 1.807) is 36.4 Å². The Morgan fingerprint density at radius 3 is 2.79 bits per heavy atom. The van der Waals surface area contributed by atoms with Crippen molar-refractivity contribution in [2.45, 2.75) is 6.61 Å². The normalized spacial score (nSPS) is 12.1. The molecule has 2 aromatic rings. The van der Waals surface area contributed by atoms with Crippen molar-refractivity contribution < 1.29 is 18.7 Å². The first-order chi connectivity index (χ1) is 9.13. The van der Waals surface area contributed by atoms with E-state index in [1.807, 2.05) is 6.07 Å². The van der Waals surface area contributed by atoms with Gasteiger partial charge in [-0.05, 0) is 39.7 Å². The van der Waals surface area contributed by atoms with Gasteiger partial charge in [0.1, 0.15) is 10.4 Å². The Bertz CT molecular complexity index is 593. The summed E-state index contributed by atoms with van der Waals surface area (Å²) in [5, 5.41) is 0. The fourth-order valence-electron chi connectivity index (χ4n) is 1.41. The monoisotopic (exact) mass is 343 g/mol. The maximum Gasteiger partial charge on any atom is 0.316 e. The Balaban J connectivity index is 2.08. The fourth-order valence-corrected chi connectivity index (χ4v) is 2.03. The summed E-state index contributed by atoms with van der Waals surface area (Å²) >= 11 is 3.26. The molecule has 0 bridgehead atoms. The molecule has 0 aliphatic carbocycles. The van der Waals surface area contributed by atoms with Crippen LogP contribution in [0.15, 0.2) is 47.1 Å². The average Bonchev–Trinajstić information content (AvgIpc) is 2.37. The number of benzene rings is 1. The molecular weight excluding hydrogens is 333 g/mol. The van der Waals surface area contributed by atoms with Crippen molar-refractivity contribution in [3.8, 4) is 11.6 Å². The third kappa shape index (κ3) is 4.76. The third-order valence-corrected chi connectivity index (χ3v) is 3.01. The molecule has 1 aromatic carbocycles. The molecule has 0 radical (unpaired) electrons. The number of halogens is 1. The largest absolute Gasteiger partial charge is 0.439 e. The standard InChI is InChI=1S/C12H11BrNO4P/c13-11-5-2-6-12(14-11)18-10-4-1-3-9(7-10)8-17-19(15)16/h1-7,19H,8H2,(H,15,16). The molecule has 0 saturated heterocycles. The summed E-state index contributed by atoms with van der Waals surface area (Å²) in [6, 6.07) is 12.4. The van der Waals surface area contributed by atoms with Crippen LogP contribution in [0.1, 0.15) is 5.56 Å². The van der Waals surface area contributed by atoms with Crippen LogP contribution in [0.5, 0.6) is 11.6 Å². The molecule has 0 amide bonds. The third-order valence-electron chi connectivity index (χ3n) is 2.17. The summed E-state index contributed by atoms with van der Waals surface area (Å²) < 4.78 is 21.4. The second kappa shape index (κ2) is 6.82. The van der Waals surface area contributed by atoms with Gasteiger partial charge in [-0.1, -0.05) is 18.2 Å². The van der Waals surface area contributed by atoms with Gasteiger partial charge in [-0.2, -0.15) is 0 Å². The summed E-state index contributed by atoms with van der Waals surface area (Å²) in [5.41, 5.74) is 0.750. The van der Waals surface area contributed by atoms with Crippen molar-refractivity contribution in [3.05, 3.63) is 52.6 Å². The van der Waals surface area contributed by atoms with Gasteiger partial charge in [0.25, 0.3) is 0 Å². The molecule has 100 valence electrons. The first-order valence-electron chi connectivity index (χ1n) is 5.38. The van der Waals surface area contributed by atoms with Gasteiger partial charge in [0.05, 0.1) is 6.61 Å². The van der Waals surface area contributed by atoms with Crippen LogP contribution in [0.3, 0.4) is 0 Å². The zero-order valence-electron chi connectivity index (χ0n) is 9.75. The van der Waals surface area contributed by atoms with E-state index in [0.717, 1.165) is 5.56 Å². The zero-order chi connectivity index (χ0) is 13.7. The van der Waals surface area contributed by atoms with Crippen LogP contribution in [0.25, 0.3) is 0 Å². The van der Waals surface area contributed by atoms with E-state index in [-0.39, 0.29) is 6.61 Å². The topological polar surface area (TPSA) is 68.7 Å². The average molecular weight is 344 g/mol. The van der Waals surface area contributed by atoms with Crippen LogP contribution < -0.4 is 4.74 Å². The number of hydrogen-bond acceptors (Lipinski definition) is 4. The van der Waals surface area contributed by atoms with Crippen LogP contribution in [0.2, 0.25) is 0 Å². The van der Waals surface area contributed by atoms with Gasteiger partial charge in [0, 0.05) is 6.07 Å². The molecule has 1 aromatic heterocycles. The van der Waals surface area contributed by atoms with Crippen molar-refractivity contribution in [3.63, 3.8) is 0 Å². The van der Waals surface area contributed by atoms with Crippen molar-refractivity contribution in [1.82, 2.24) is 4.98 Å². The second-order valence-electron chi connectivity index (χ2n) is 3.60. The molecule has 0 fully saturated rings. The Kier molecular flexibility index (Phi) is 5.10. The number of pyridine rings is 1. The molecule has 1 unspecified atom stereocenters. The van der Waals surface area contributed by atoms with Crippen molar-refractivity contribution in [2.24, 2.45) is 0 Å². The Labute approximate surface area is 119 Å². The molecule has 2 rings (SSSR count). The summed E-state index contributed by atoms with van der Waals surface area (Å²) in [6.07, 6.45) is 0. The van der Waals surface area contributed by atoms with E-state index in [4.69, 9.17) is 9.63 Å². The van der Waals surface area contributed by atoms with Crippen molar-refractivity contribution in [2.75, 3.05) is 0 Å². The van der Waals surface area contributed by atoms with E-state index < -0.39 is 8.25 Å². The molecule has 0 aliphatic heterocycles. The summed E-state index contributed by atoms with van der Waals surface area (Å²) in [7, 11) is -2.92. The lowest BCUT2D eigenvalue weighted by atomic mass is 10.2. The van der Waals surface area contributed by atoms with Crippen LogP contribution in [0, 0.1) is 0 Å². The number of rotatable bonds is 5. The lowest BCUT2D eigenvalue weighted by Crippen LogP contribution is -1.90. The minimum absolute atomic E-state index is 0.0669. The van der Waals surface area contributed by atoms with E-state index in [1.165, 1.54) is 0 Å². The highest BCUT2D eigenvalue weighted by Gasteiger charge is 2.02. The Morgan fingerprint density at radius 1 is 1.26 bits per heavy atom. The summed E-state index contributed by atoms with van der Waals surface area (Å²) in [5.74, 6) is 1.05. The Hall–Kier alpha value is -1.20. The first kappa shape index (κ1) is 14.2. The molecule has 0 saturated carbocycles. The van der Waals surface area contributed by atoms with Gasteiger partial charge in [-0.15, -0.1) is 0 Å². The molecule has 1 atom stereocenters. The number of aromatic nitrogens is 1. The van der Waals surface area contributed by atoms with Crippen molar-refractivity contribution >= 4 is 24.2 Å². The number of ether oxygens (including phenoxy) is 1. The number of hydrogen-bond donors (Lipinski definition) is 1. The number of nitrogens with zero attached hydrogens (tertiary/aromatic N) is 1. The van der Waals surface area contributed by atoms with Crippen LogP contribution >= 0.6 is 24.2 Å². The van der Waals surface area contributed by atoms with E-state index in [9.17, 15) is 4.57 Å². The predicted octanol–water partition coefficient (Wildman–Crippen LogP) is 3.54. The van der Waals surface area contributed by atoms with Crippen LogP contribution in [-0.4, -0.2) is 9.88 Å². The SMILES string of the molecule is O=[PH](O)OCc1cccc(Oc2cccc(Br)n2)c1. The maximum atomic E-state index is 10.5. The van der Waals surface area contributed by atoms with Gasteiger partial charge in [-0.3, -0.25) is 4.57 Å². The van der Waals surface area contributed by atoms with E-state index in [2.05, 4.69) is 25.4 Å². The van der Waals surface area contributed by atoms with Crippen LogP contribution in [-0.2, 0) is 15.7 Å². The summed E-state index contributed by atoms with van der Waals surface area (Å²) in [6.45, 7) is 0.0669. The van der Waals surface area contributed by atoms with Gasteiger partial charge in [-0.25, -0.2) is 4.98 Å². The fraction of sp³-hybridized carbons (Fsp3) is 0.0833. The first-order valence-corrected chi connectivity index (χ1v) is 7.44. The lowest BCUT2D eigenvalue weighted by Gasteiger charge is -2.07. The maximum absolute atomic E-state index is 10.5. The van der Waals surface area contributed by atoms with Gasteiger partial charge in [0.2, 0.25) is 5.88 Å². The van der Waals surface area contributed by atoms with Gasteiger partial charge in [0.15, 0.2) is 0 Å². The smallest absolute Gasteiger partial charge is 0.316 e. The van der Waals surface area contributed by atoms with E-state index in [0.29, 0.717) is 16.2 Å². The minimum atomic E-state index is -2.92. The highest BCUT2D eigenvalue weighted by Crippen LogP contribution is 2.24. The molecule has 0 aliphatic rings. The van der Waals surface area contributed by atoms with E-state index >= 15 is 0 Å². The second-order valence-corrected chi connectivity index (χ2v) is 5.24. The van der Waals surface area contributed by atoms with Crippen LogP contribution in [0.4, 0.5) is 0 Å². The highest BCUT2D eigenvalue weighted by molar-refractivity contribution is 9.10. The summed E-state index contributed by atoms with van der Waals surface area (Å²) in [4.78, 5) is 12.8. The highest BCUT2D eigenvalue weighted by atomic mass is 79.9. The quantitative estimate of drug-likeness (QED) is 0.664. The van der Waals surface area contributed by atoms with Gasteiger partial charge < -0.3 is 14.2 Å².